The molecule has 1 atom stereocenters. The zero-order chi connectivity index (χ0) is 14.0. The first-order valence-corrected chi connectivity index (χ1v) is 6.57. The number of alkyl halides is 3. The van der Waals surface area contributed by atoms with E-state index >= 15 is 0 Å². The summed E-state index contributed by atoms with van der Waals surface area (Å²) in [7, 11) is 0. The van der Waals surface area contributed by atoms with E-state index in [1.54, 1.807) is 24.3 Å². The predicted octanol–water partition coefficient (Wildman–Crippen LogP) is 4.39. The minimum Gasteiger partial charge on any atom is -0.384 e. The van der Waals surface area contributed by atoms with Crippen molar-refractivity contribution in [2.75, 3.05) is 0 Å². The van der Waals surface area contributed by atoms with Gasteiger partial charge in [-0.05, 0) is 51.9 Å². The number of halogens is 4. The number of aliphatic hydroxyl groups is 1. The van der Waals surface area contributed by atoms with Crippen molar-refractivity contribution in [3.8, 4) is 0 Å². The van der Waals surface area contributed by atoms with Crippen molar-refractivity contribution in [3.63, 3.8) is 0 Å². The summed E-state index contributed by atoms with van der Waals surface area (Å²) >= 11 is 2.09. The van der Waals surface area contributed by atoms with Gasteiger partial charge in [0.2, 0.25) is 0 Å². The Labute approximate surface area is 122 Å². The Kier molecular flexibility index (Phi) is 4.15. The normalized spacial score (nSPS) is 13.3. The molecule has 1 nitrogen and oxygen atoms in total. The molecule has 0 aromatic heterocycles. The first kappa shape index (κ1) is 14.3. The third-order valence-corrected chi connectivity index (χ3v) is 3.47. The highest BCUT2D eigenvalue weighted by molar-refractivity contribution is 14.1. The number of benzene rings is 2. The van der Waals surface area contributed by atoms with Gasteiger partial charge in [0, 0.05) is 3.57 Å². The second-order valence-corrected chi connectivity index (χ2v) is 5.28. The first-order valence-electron chi connectivity index (χ1n) is 5.49. The highest BCUT2D eigenvalue weighted by atomic mass is 127. The first-order chi connectivity index (χ1) is 8.89. The second kappa shape index (κ2) is 5.50. The van der Waals surface area contributed by atoms with Gasteiger partial charge in [0.1, 0.15) is 6.10 Å². The molecule has 0 bridgehead atoms. The maximum absolute atomic E-state index is 12.9. The molecule has 0 radical (unpaired) electrons. The fourth-order valence-electron chi connectivity index (χ4n) is 1.82. The Morgan fingerprint density at radius 2 is 1.53 bits per heavy atom. The minimum atomic E-state index is -4.47. The average molecular weight is 378 g/mol. The van der Waals surface area contributed by atoms with Crippen LogP contribution in [0.1, 0.15) is 22.8 Å². The summed E-state index contributed by atoms with van der Waals surface area (Å²) in [4.78, 5) is 0. The van der Waals surface area contributed by atoms with E-state index in [4.69, 9.17) is 0 Å². The highest BCUT2D eigenvalue weighted by Gasteiger charge is 2.34. The minimum absolute atomic E-state index is 0.129. The third-order valence-electron chi connectivity index (χ3n) is 2.75. The van der Waals surface area contributed by atoms with Gasteiger partial charge in [-0.15, -0.1) is 0 Å². The summed E-state index contributed by atoms with van der Waals surface area (Å²) in [5.74, 6) is 0. The fraction of sp³-hybridized carbons (Fsp3) is 0.143. The van der Waals surface area contributed by atoms with Gasteiger partial charge in [-0.3, -0.25) is 0 Å². The molecule has 0 saturated carbocycles. The van der Waals surface area contributed by atoms with E-state index in [0.717, 1.165) is 9.64 Å². The van der Waals surface area contributed by atoms with Crippen molar-refractivity contribution in [3.05, 3.63) is 68.8 Å². The molecule has 0 aliphatic carbocycles. The molecule has 19 heavy (non-hydrogen) atoms. The van der Waals surface area contributed by atoms with Gasteiger partial charge in [-0.25, -0.2) is 0 Å². The predicted molar refractivity (Wildman–Crippen MR) is 74.7 cm³/mol. The van der Waals surface area contributed by atoms with Crippen LogP contribution in [0.2, 0.25) is 0 Å². The molecule has 2 rings (SSSR count). The molecule has 0 heterocycles. The maximum Gasteiger partial charge on any atom is 0.416 e. The molecule has 0 aliphatic rings. The number of rotatable bonds is 2. The van der Waals surface area contributed by atoms with Crippen LogP contribution in [0, 0.1) is 3.57 Å². The van der Waals surface area contributed by atoms with Crippen LogP contribution < -0.4 is 0 Å². The number of hydrogen-bond donors (Lipinski definition) is 1. The van der Waals surface area contributed by atoms with Crippen LogP contribution in [-0.2, 0) is 6.18 Å². The van der Waals surface area contributed by atoms with Crippen LogP contribution in [-0.4, -0.2) is 5.11 Å². The van der Waals surface area contributed by atoms with Gasteiger partial charge in [0.25, 0.3) is 0 Å². The lowest BCUT2D eigenvalue weighted by molar-refractivity contribution is -0.139. The zero-order valence-corrected chi connectivity index (χ0v) is 11.8. The van der Waals surface area contributed by atoms with Crippen molar-refractivity contribution in [1.29, 1.82) is 0 Å². The molecule has 0 aliphatic heterocycles. The van der Waals surface area contributed by atoms with E-state index in [2.05, 4.69) is 22.6 Å². The molecule has 0 spiro atoms. The van der Waals surface area contributed by atoms with Gasteiger partial charge in [-0.1, -0.05) is 30.3 Å². The lowest BCUT2D eigenvalue weighted by Gasteiger charge is -2.17. The Hall–Kier alpha value is -1.08. The lowest BCUT2D eigenvalue weighted by atomic mass is 9.96. The molecule has 1 unspecified atom stereocenters. The van der Waals surface area contributed by atoms with Gasteiger partial charge in [0.15, 0.2) is 0 Å². The molecule has 0 amide bonds. The quantitative estimate of drug-likeness (QED) is 0.769. The molecule has 1 N–H and O–H groups in total. The second-order valence-electron chi connectivity index (χ2n) is 4.04. The van der Waals surface area contributed by atoms with Crippen molar-refractivity contribution < 1.29 is 18.3 Å². The van der Waals surface area contributed by atoms with Crippen LogP contribution in [0.25, 0.3) is 0 Å². The molecule has 100 valence electrons. The summed E-state index contributed by atoms with van der Waals surface area (Å²) in [6.45, 7) is 0. The van der Waals surface area contributed by atoms with Crippen LogP contribution in [0.5, 0.6) is 0 Å². The molecule has 0 saturated heterocycles. The Bertz CT molecular complexity index is 564. The number of hydrogen-bond acceptors (Lipinski definition) is 1. The standard InChI is InChI=1S/C14H10F3IO/c15-14(16,17)12-4-2-1-3-11(12)13(19)9-5-7-10(18)8-6-9/h1-8,13,19H. The highest BCUT2D eigenvalue weighted by Crippen LogP contribution is 2.36. The Morgan fingerprint density at radius 3 is 2.11 bits per heavy atom. The topological polar surface area (TPSA) is 20.2 Å². The summed E-state index contributed by atoms with van der Waals surface area (Å²) in [6, 6.07) is 11.8. The number of aliphatic hydroxyl groups excluding tert-OH is 1. The molecule has 2 aromatic rings. The van der Waals surface area contributed by atoms with E-state index < -0.39 is 17.8 Å². The zero-order valence-electron chi connectivity index (χ0n) is 9.66. The van der Waals surface area contributed by atoms with Crippen LogP contribution in [0.3, 0.4) is 0 Å². The van der Waals surface area contributed by atoms with E-state index in [9.17, 15) is 18.3 Å². The Balaban J connectivity index is 2.44. The van der Waals surface area contributed by atoms with Crippen molar-refractivity contribution in [2.24, 2.45) is 0 Å². The van der Waals surface area contributed by atoms with E-state index in [1.165, 1.54) is 18.2 Å². The van der Waals surface area contributed by atoms with E-state index in [-0.39, 0.29) is 5.56 Å². The Morgan fingerprint density at radius 1 is 0.947 bits per heavy atom. The summed E-state index contributed by atoms with van der Waals surface area (Å²) in [5, 5.41) is 10.1. The smallest absolute Gasteiger partial charge is 0.384 e. The van der Waals surface area contributed by atoms with Crippen molar-refractivity contribution >= 4 is 22.6 Å². The van der Waals surface area contributed by atoms with E-state index in [1.807, 2.05) is 0 Å². The summed E-state index contributed by atoms with van der Waals surface area (Å²) in [6.07, 6.45) is -5.75. The molecular formula is C14H10F3IO. The van der Waals surface area contributed by atoms with Crippen LogP contribution in [0.4, 0.5) is 13.2 Å². The largest absolute Gasteiger partial charge is 0.416 e. The molecule has 5 heteroatoms. The summed E-state index contributed by atoms with van der Waals surface area (Å²) in [5.41, 5.74) is -0.491. The van der Waals surface area contributed by atoms with Crippen LogP contribution in [0.15, 0.2) is 48.5 Å². The monoisotopic (exact) mass is 378 g/mol. The van der Waals surface area contributed by atoms with Gasteiger partial charge >= 0.3 is 6.18 Å². The van der Waals surface area contributed by atoms with Crippen molar-refractivity contribution in [1.82, 2.24) is 0 Å². The SMILES string of the molecule is OC(c1ccc(I)cc1)c1ccccc1C(F)(F)F. The molecular weight excluding hydrogens is 368 g/mol. The lowest BCUT2D eigenvalue weighted by Crippen LogP contribution is -2.12. The van der Waals surface area contributed by atoms with E-state index in [0.29, 0.717) is 5.56 Å². The molecule has 2 aromatic carbocycles. The maximum atomic E-state index is 12.9. The van der Waals surface area contributed by atoms with Crippen molar-refractivity contribution in [2.45, 2.75) is 12.3 Å². The third kappa shape index (κ3) is 3.27. The van der Waals surface area contributed by atoms with Gasteiger partial charge in [-0.2, -0.15) is 13.2 Å². The average Bonchev–Trinajstić information content (AvgIpc) is 2.38. The summed E-state index contributed by atoms with van der Waals surface area (Å²) < 4.78 is 39.6. The van der Waals surface area contributed by atoms with Crippen LogP contribution >= 0.6 is 22.6 Å². The van der Waals surface area contributed by atoms with Gasteiger partial charge < -0.3 is 5.11 Å². The fourth-order valence-corrected chi connectivity index (χ4v) is 2.18. The molecule has 0 fully saturated rings. The van der Waals surface area contributed by atoms with Gasteiger partial charge in [0.05, 0.1) is 5.56 Å².